The van der Waals surface area contributed by atoms with Gasteiger partial charge < -0.3 is 5.01 Å². The fourth-order valence-corrected chi connectivity index (χ4v) is 0.914. The fraction of sp³-hybridized carbons (Fsp3) is 0.750. The van der Waals surface area contributed by atoms with Crippen molar-refractivity contribution in [2.24, 2.45) is 5.84 Å². The Hall–Kier alpha value is -0.500. The molecule has 0 aliphatic carbocycles. The second-order valence-corrected chi connectivity index (χ2v) is 2.46. The molecular formula is C8H18N2. The predicted molar refractivity (Wildman–Crippen MR) is 45.2 cm³/mol. The van der Waals surface area contributed by atoms with Crippen LogP contribution < -0.4 is 5.84 Å². The third kappa shape index (κ3) is 3.51. The maximum absolute atomic E-state index is 5.57. The zero-order chi connectivity index (χ0) is 7.98. The van der Waals surface area contributed by atoms with Gasteiger partial charge in [0.15, 0.2) is 0 Å². The molecule has 2 nitrogen and oxygen atoms in total. The molecule has 0 saturated carbocycles. The van der Waals surface area contributed by atoms with E-state index < -0.39 is 0 Å². The Morgan fingerprint density at radius 3 is 2.40 bits per heavy atom. The molecule has 0 amide bonds. The molecule has 0 rings (SSSR count). The van der Waals surface area contributed by atoms with Crippen LogP contribution >= 0.6 is 0 Å². The first-order valence-electron chi connectivity index (χ1n) is 3.89. The summed E-state index contributed by atoms with van der Waals surface area (Å²) < 4.78 is 0. The summed E-state index contributed by atoms with van der Waals surface area (Å²) in [5.41, 5.74) is 1.24. The summed E-state index contributed by atoms with van der Waals surface area (Å²) in [6.45, 7) is 4.28. The number of nitrogens with two attached hydrogens (primary N) is 1. The molecule has 0 aliphatic heterocycles. The van der Waals surface area contributed by atoms with Crippen molar-refractivity contribution < 1.29 is 0 Å². The van der Waals surface area contributed by atoms with Gasteiger partial charge in [-0.1, -0.05) is 26.3 Å². The van der Waals surface area contributed by atoms with Crippen molar-refractivity contribution in [2.75, 3.05) is 7.05 Å². The van der Waals surface area contributed by atoms with Crippen molar-refractivity contribution in [3.05, 3.63) is 11.8 Å². The monoisotopic (exact) mass is 142 g/mol. The third-order valence-electron chi connectivity index (χ3n) is 1.40. The molecule has 0 unspecified atom stereocenters. The minimum atomic E-state index is 1.07. The summed E-state index contributed by atoms with van der Waals surface area (Å²) in [7, 11) is 1.89. The molecule has 0 radical (unpaired) electrons. The summed E-state index contributed by atoms with van der Waals surface area (Å²) >= 11 is 0. The van der Waals surface area contributed by atoms with Crippen molar-refractivity contribution in [3.63, 3.8) is 0 Å². The molecule has 0 atom stereocenters. The summed E-state index contributed by atoms with van der Waals surface area (Å²) in [5.74, 6) is 5.57. The molecule has 0 spiro atoms. The van der Waals surface area contributed by atoms with Crippen LogP contribution in [0.25, 0.3) is 0 Å². The standard InChI is InChI=1S/C8H18N2/c1-4-6-8(7-5-2)10(3)9/h6H,4-5,7,9H2,1-3H3/b8-6-. The highest BCUT2D eigenvalue weighted by atomic mass is 15.4. The normalized spacial score (nSPS) is 11.8. The summed E-state index contributed by atoms with van der Waals surface area (Å²) in [5, 5.41) is 1.70. The van der Waals surface area contributed by atoms with Crippen LogP contribution in [0.4, 0.5) is 0 Å². The van der Waals surface area contributed by atoms with Gasteiger partial charge in [0.25, 0.3) is 0 Å². The first kappa shape index (κ1) is 9.50. The van der Waals surface area contributed by atoms with Crippen LogP contribution in [0.5, 0.6) is 0 Å². The first-order chi connectivity index (χ1) is 4.72. The highest BCUT2D eigenvalue weighted by Crippen LogP contribution is 2.06. The molecule has 0 saturated heterocycles. The zero-order valence-electron chi connectivity index (χ0n) is 7.22. The topological polar surface area (TPSA) is 29.3 Å². The van der Waals surface area contributed by atoms with Crippen molar-refractivity contribution >= 4 is 0 Å². The SMILES string of the molecule is CC/C=C(/CCC)N(C)N. The fourth-order valence-electron chi connectivity index (χ4n) is 0.914. The molecule has 0 heterocycles. The lowest BCUT2D eigenvalue weighted by Gasteiger charge is -2.15. The molecule has 0 aromatic heterocycles. The summed E-state index contributed by atoms with van der Waals surface area (Å²) in [6, 6.07) is 0. The lowest BCUT2D eigenvalue weighted by Crippen LogP contribution is -2.24. The van der Waals surface area contributed by atoms with E-state index in [2.05, 4.69) is 19.9 Å². The molecule has 0 aromatic carbocycles. The molecular weight excluding hydrogens is 124 g/mol. The Kier molecular flexibility index (Phi) is 5.03. The average Bonchev–Trinajstić information content (AvgIpc) is 1.87. The van der Waals surface area contributed by atoms with Gasteiger partial charge in [-0.3, -0.25) is 0 Å². The second-order valence-electron chi connectivity index (χ2n) is 2.46. The molecule has 10 heavy (non-hydrogen) atoms. The zero-order valence-corrected chi connectivity index (χ0v) is 7.22. The van der Waals surface area contributed by atoms with E-state index in [1.807, 2.05) is 7.05 Å². The van der Waals surface area contributed by atoms with Gasteiger partial charge in [-0.2, -0.15) is 0 Å². The molecule has 0 fully saturated rings. The third-order valence-corrected chi connectivity index (χ3v) is 1.40. The van der Waals surface area contributed by atoms with E-state index in [9.17, 15) is 0 Å². The van der Waals surface area contributed by atoms with Crippen LogP contribution in [0.2, 0.25) is 0 Å². The van der Waals surface area contributed by atoms with Crippen molar-refractivity contribution in [2.45, 2.75) is 33.1 Å². The van der Waals surface area contributed by atoms with Crippen molar-refractivity contribution in [1.29, 1.82) is 0 Å². The van der Waals surface area contributed by atoms with Gasteiger partial charge in [-0.15, -0.1) is 0 Å². The van der Waals surface area contributed by atoms with Gasteiger partial charge in [0.1, 0.15) is 0 Å². The number of hydrogen-bond acceptors (Lipinski definition) is 2. The Balaban J connectivity index is 3.85. The van der Waals surface area contributed by atoms with E-state index in [-0.39, 0.29) is 0 Å². The van der Waals surface area contributed by atoms with Crippen LogP contribution in [0.15, 0.2) is 11.8 Å². The van der Waals surface area contributed by atoms with E-state index >= 15 is 0 Å². The Morgan fingerprint density at radius 1 is 1.50 bits per heavy atom. The maximum Gasteiger partial charge on any atom is 0.0248 e. The predicted octanol–water partition coefficient (Wildman–Crippen LogP) is 1.89. The maximum atomic E-state index is 5.57. The van der Waals surface area contributed by atoms with Gasteiger partial charge in [0, 0.05) is 12.7 Å². The molecule has 60 valence electrons. The van der Waals surface area contributed by atoms with Crippen LogP contribution in [-0.2, 0) is 0 Å². The number of allylic oxidation sites excluding steroid dienone is 2. The first-order valence-corrected chi connectivity index (χ1v) is 3.89. The second kappa shape index (κ2) is 5.30. The van der Waals surface area contributed by atoms with E-state index in [0.717, 1.165) is 19.3 Å². The summed E-state index contributed by atoms with van der Waals surface area (Å²) in [6.07, 6.45) is 5.48. The van der Waals surface area contributed by atoms with E-state index in [1.165, 1.54) is 5.70 Å². The van der Waals surface area contributed by atoms with Gasteiger partial charge in [-0.25, -0.2) is 5.84 Å². The largest absolute Gasteiger partial charge is 0.319 e. The summed E-state index contributed by atoms with van der Waals surface area (Å²) in [4.78, 5) is 0. The number of hydrogen-bond donors (Lipinski definition) is 1. The van der Waals surface area contributed by atoms with Crippen LogP contribution in [0, 0.1) is 0 Å². The van der Waals surface area contributed by atoms with Gasteiger partial charge >= 0.3 is 0 Å². The molecule has 0 aromatic rings. The highest BCUT2D eigenvalue weighted by molar-refractivity contribution is 4.97. The number of nitrogens with zero attached hydrogens (tertiary/aromatic N) is 1. The van der Waals surface area contributed by atoms with E-state index in [1.54, 1.807) is 5.01 Å². The van der Waals surface area contributed by atoms with Gasteiger partial charge in [0.2, 0.25) is 0 Å². The average molecular weight is 142 g/mol. The lowest BCUT2D eigenvalue weighted by molar-refractivity contribution is 0.418. The van der Waals surface area contributed by atoms with Crippen molar-refractivity contribution in [3.8, 4) is 0 Å². The van der Waals surface area contributed by atoms with Gasteiger partial charge in [0.05, 0.1) is 0 Å². The quantitative estimate of drug-likeness (QED) is 0.479. The number of rotatable bonds is 4. The Labute approximate surface area is 63.7 Å². The highest BCUT2D eigenvalue weighted by Gasteiger charge is 1.95. The Bertz CT molecular complexity index is 106. The van der Waals surface area contributed by atoms with E-state index in [0.29, 0.717) is 0 Å². The molecule has 0 bridgehead atoms. The van der Waals surface area contributed by atoms with Crippen LogP contribution in [0.1, 0.15) is 33.1 Å². The van der Waals surface area contributed by atoms with Gasteiger partial charge in [-0.05, 0) is 12.8 Å². The van der Waals surface area contributed by atoms with E-state index in [4.69, 9.17) is 5.84 Å². The van der Waals surface area contributed by atoms with Crippen LogP contribution in [-0.4, -0.2) is 12.1 Å². The smallest absolute Gasteiger partial charge is 0.0248 e. The minimum absolute atomic E-state index is 1.07. The van der Waals surface area contributed by atoms with Crippen LogP contribution in [0.3, 0.4) is 0 Å². The van der Waals surface area contributed by atoms with Crippen molar-refractivity contribution in [1.82, 2.24) is 5.01 Å². The number of hydrazine groups is 1. The molecule has 2 N–H and O–H groups in total. The lowest BCUT2D eigenvalue weighted by atomic mass is 10.2. The Morgan fingerprint density at radius 2 is 2.10 bits per heavy atom. The minimum Gasteiger partial charge on any atom is -0.319 e. The molecule has 0 aliphatic rings. The molecule has 2 heteroatoms.